The fourth-order valence-electron chi connectivity index (χ4n) is 2.24. The van der Waals surface area contributed by atoms with Crippen molar-refractivity contribution in [2.75, 3.05) is 0 Å². The molecule has 0 spiro atoms. The van der Waals surface area contributed by atoms with Gasteiger partial charge in [0.1, 0.15) is 5.75 Å². The largest absolute Gasteiger partial charge is 0.507 e. The number of aryl methyl sites for hydroxylation is 1. The Bertz CT molecular complexity index is 389. The second-order valence-electron chi connectivity index (χ2n) is 6.65. The van der Waals surface area contributed by atoms with E-state index in [0.717, 1.165) is 16.7 Å². The van der Waals surface area contributed by atoms with Gasteiger partial charge in [0.05, 0.1) is 0 Å². The maximum Gasteiger partial charge on any atom is 0.123 e. The Morgan fingerprint density at radius 3 is 1.75 bits per heavy atom. The van der Waals surface area contributed by atoms with Crippen LogP contribution in [-0.2, 0) is 10.8 Å². The Labute approximate surface area is 99.5 Å². The normalized spacial score (nSPS) is 12.9. The number of hydrogen-bond donors (Lipinski definition) is 1. The molecule has 0 atom stereocenters. The van der Waals surface area contributed by atoms with Crippen LogP contribution in [0.1, 0.15) is 58.2 Å². The molecule has 0 radical (unpaired) electrons. The molecule has 0 aliphatic rings. The molecule has 0 heterocycles. The Morgan fingerprint density at radius 2 is 1.38 bits per heavy atom. The third kappa shape index (κ3) is 2.40. The molecule has 0 unspecified atom stereocenters. The fourth-order valence-corrected chi connectivity index (χ4v) is 2.24. The number of rotatable bonds is 0. The van der Waals surface area contributed by atoms with Crippen LogP contribution >= 0.6 is 0 Å². The zero-order chi connectivity index (χ0) is 12.7. The zero-order valence-corrected chi connectivity index (χ0v) is 11.6. The highest BCUT2D eigenvalue weighted by atomic mass is 16.3. The van der Waals surface area contributed by atoms with Gasteiger partial charge in [-0.2, -0.15) is 0 Å². The maximum absolute atomic E-state index is 10.4. The van der Waals surface area contributed by atoms with E-state index in [1.54, 1.807) is 0 Å². The van der Waals surface area contributed by atoms with Crippen molar-refractivity contribution in [3.05, 3.63) is 28.8 Å². The van der Waals surface area contributed by atoms with Crippen molar-refractivity contribution >= 4 is 0 Å². The van der Waals surface area contributed by atoms with Crippen molar-refractivity contribution in [2.24, 2.45) is 0 Å². The lowest BCUT2D eigenvalue weighted by atomic mass is 9.77. The quantitative estimate of drug-likeness (QED) is 0.691. The van der Waals surface area contributed by atoms with Crippen LogP contribution in [0.15, 0.2) is 12.1 Å². The summed E-state index contributed by atoms with van der Waals surface area (Å²) in [7, 11) is 0. The minimum absolute atomic E-state index is 0.0161. The van der Waals surface area contributed by atoms with Gasteiger partial charge < -0.3 is 5.11 Å². The van der Waals surface area contributed by atoms with E-state index in [9.17, 15) is 5.11 Å². The van der Waals surface area contributed by atoms with Crippen molar-refractivity contribution in [3.8, 4) is 5.75 Å². The Balaban J connectivity index is 3.52. The minimum Gasteiger partial charge on any atom is -0.507 e. The summed E-state index contributed by atoms with van der Waals surface area (Å²) in [4.78, 5) is 0. The van der Waals surface area contributed by atoms with Crippen LogP contribution in [0.2, 0.25) is 0 Å². The lowest BCUT2D eigenvalue weighted by Gasteiger charge is -2.28. The summed E-state index contributed by atoms with van der Waals surface area (Å²) in [6.45, 7) is 14.9. The molecule has 1 nitrogen and oxygen atoms in total. The lowest BCUT2D eigenvalue weighted by Crippen LogP contribution is -2.18. The molecule has 0 aliphatic carbocycles. The summed E-state index contributed by atoms with van der Waals surface area (Å²) >= 11 is 0. The van der Waals surface area contributed by atoms with Gasteiger partial charge in [-0.25, -0.2) is 0 Å². The lowest BCUT2D eigenvalue weighted by molar-refractivity contribution is 0.422. The van der Waals surface area contributed by atoms with Crippen LogP contribution in [0.25, 0.3) is 0 Å². The highest BCUT2D eigenvalue weighted by molar-refractivity contribution is 5.51. The molecule has 0 amide bonds. The molecule has 1 aromatic carbocycles. The van der Waals surface area contributed by atoms with Gasteiger partial charge in [0.25, 0.3) is 0 Å². The highest BCUT2D eigenvalue weighted by Gasteiger charge is 2.26. The summed E-state index contributed by atoms with van der Waals surface area (Å²) in [5, 5.41) is 10.4. The average Bonchev–Trinajstić information content (AvgIpc) is 1.97. The van der Waals surface area contributed by atoms with E-state index in [-0.39, 0.29) is 10.8 Å². The molecule has 1 aromatic rings. The number of phenolic OH excluding ortho intramolecular Hbond substituents is 1. The number of phenols is 1. The van der Waals surface area contributed by atoms with Crippen molar-refractivity contribution in [1.82, 2.24) is 0 Å². The molecular formula is C15H24O. The molecule has 1 rings (SSSR count). The van der Waals surface area contributed by atoms with E-state index >= 15 is 0 Å². The molecule has 0 saturated heterocycles. The third-order valence-electron chi connectivity index (χ3n) is 2.94. The van der Waals surface area contributed by atoms with Gasteiger partial charge in [-0.05, 0) is 28.9 Å². The molecule has 1 N–H and O–H groups in total. The molecule has 1 heteroatoms. The Kier molecular flexibility index (Phi) is 3.11. The van der Waals surface area contributed by atoms with Gasteiger partial charge >= 0.3 is 0 Å². The molecule has 0 aliphatic heterocycles. The van der Waals surface area contributed by atoms with E-state index in [2.05, 4.69) is 54.5 Å². The summed E-state index contributed by atoms with van der Waals surface area (Å²) in [5.74, 6) is 0.472. The van der Waals surface area contributed by atoms with E-state index in [1.807, 2.05) is 6.07 Å². The standard InChI is InChI=1S/C15H24O/c1-10-8-9-11(14(2,3)4)13(16)12(10)15(5,6)7/h8-9,16H,1-7H3. The Hall–Kier alpha value is -0.980. The summed E-state index contributed by atoms with van der Waals surface area (Å²) in [6, 6.07) is 4.15. The van der Waals surface area contributed by atoms with Crippen LogP contribution in [0, 0.1) is 6.92 Å². The molecule has 0 bridgehead atoms. The second kappa shape index (κ2) is 3.80. The van der Waals surface area contributed by atoms with Gasteiger partial charge in [0, 0.05) is 5.56 Å². The number of hydrogen-bond acceptors (Lipinski definition) is 1. The number of benzene rings is 1. The van der Waals surface area contributed by atoms with E-state index in [4.69, 9.17) is 0 Å². The van der Waals surface area contributed by atoms with Gasteiger partial charge in [-0.1, -0.05) is 53.7 Å². The van der Waals surface area contributed by atoms with Crippen molar-refractivity contribution in [3.63, 3.8) is 0 Å². The molecular weight excluding hydrogens is 196 g/mol. The first-order valence-electron chi connectivity index (χ1n) is 5.88. The molecule has 16 heavy (non-hydrogen) atoms. The van der Waals surface area contributed by atoms with Crippen LogP contribution < -0.4 is 0 Å². The van der Waals surface area contributed by atoms with Crippen LogP contribution in [0.3, 0.4) is 0 Å². The molecule has 0 fully saturated rings. The van der Waals surface area contributed by atoms with Crippen molar-refractivity contribution < 1.29 is 5.11 Å². The topological polar surface area (TPSA) is 20.2 Å². The summed E-state index contributed by atoms with van der Waals surface area (Å²) in [6.07, 6.45) is 0. The minimum atomic E-state index is -0.0184. The highest BCUT2D eigenvalue weighted by Crippen LogP contribution is 2.40. The van der Waals surface area contributed by atoms with Gasteiger partial charge in [-0.15, -0.1) is 0 Å². The average molecular weight is 220 g/mol. The van der Waals surface area contributed by atoms with E-state index in [0.29, 0.717) is 5.75 Å². The van der Waals surface area contributed by atoms with Crippen molar-refractivity contribution in [1.29, 1.82) is 0 Å². The predicted octanol–water partition coefficient (Wildman–Crippen LogP) is 4.30. The van der Waals surface area contributed by atoms with Crippen molar-refractivity contribution in [2.45, 2.75) is 59.3 Å². The van der Waals surface area contributed by atoms with Crippen LogP contribution in [-0.4, -0.2) is 5.11 Å². The first-order valence-corrected chi connectivity index (χ1v) is 5.88. The Morgan fingerprint density at radius 1 is 0.875 bits per heavy atom. The van der Waals surface area contributed by atoms with Crippen LogP contribution in [0.4, 0.5) is 0 Å². The third-order valence-corrected chi connectivity index (χ3v) is 2.94. The van der Waals surface area contributed by atoms with Gasteiger partial charge in [0.2, 0.25) is 0 Å². The van der Waals surface area contributed by atoms with E-state index < -0.39 is 0 Å². The van der Waals surface area contributed by atoms with Gasteiger partial charge in [-0.3, -0.25) is 0 Å². The zero-order valence-electron chi connectivity index (χ0n) is 11.6. The first-order chi connectivity index (χ1) is 7.05. The van der Waals surface area contributed by atoms with Gasteiger partial charge in [0.15, 0.2) is 0 Å². The fraction of sp³-hybridized carbons (Fsp3) is 0.600. The maximum atomic E-state index is 10.4. The molecule has 0 aromatic heterocycles. The van der Waals surface area contributed by atoms with E-state index in [1.165, 1.54) is 0 Å². The first kappa shape index (κ1) is 13.1. The summed E-state index contributed by atoms with van der Waals surface area (Å²) in [5.41, 5.74) is 3.23. The molecule has 0 saturated carbocycles. The predicted molar refractivity (Wildman–Crippen MR) is 70.2 cm³/mol. The number of aromatic hydroxyl groups is 1. The second-order valence-corrected chi connectivity index (χ2v) is 6.65. The molecule has 90 valence electrons. The monoisotopic (exact) mass is 220 g/mol. The SMILES string of the molecule is Cc1ccc(C(C)(C)C)c(O)c1C(C)(C)C. The summed E-state index contributed by atoms with van der Waals surface area (Å²) < 4.78 is 0. The van der Waals surface area contributed by atoms with Crippen LogP contribution in [0.5, 0.6) is 5.75 Å². The smallest absolute Gasteiger partial charge is 0.123 e.